The highest BCUT2D eigenvalue weighted by atomic mass is 15.1. The molecule has 0 heterocycles. The monoisotopic (exact) mass is 282 g/mol. The minimum atomic E-state index is 0.0927. The minimum absolute atomic E-state index is 0.0927. The quantitative estimate of drug-likeness (QED) is 0.893. The summed E-state index contributed by atoms with van der Waals surface area (Å²) in [6.45, 7) is 7.36. The van der Waals surface area contributed by atoms with Gasteiger partial charge in [0.1, 0.15) is 0 Å². The van der Waals surface area contributed by atoms with Gasteiger partial charge in [0.2, 0.25) is 0 Å². The van der Waals surface area contributed by atoms with Crippen LogP contribution in [0.25, 0.3) is 0 Å². The molecule has 0 amide bonds. The molecule has 1 unspecified atom stereocenters. The number of anilines is 1. The maximum atomic E-state index is 6.37. The smallest absolute Gasteiger partial charge is 0.0393 e. The Hall–Kier alpha value is -1.80. The molecule has 1 atom stereocenters. The molecule has 2 N–H and O–H groups in total. The Morgan fingerprint density at radius 3 is 2.24 bits per heavy atom. The Morgan fingerprint density at radius 1 is 1.00 bits per heavy atom. The lowest BCUT2D eigenvalue weighted by atomic mass is 9.99. The van der Waals surface area contributed by atoms with Gasteiger partial charge in [-0.05, 0) is 44.4 Å². The summed E-state index contributed by atoms with van der Waals surface area (Å²) in [7, 11) is 2.14. The number of para-hydroxylation sites is 1. The van der Waals surface area contributed by atoms with Crippen LogP contribution in [-0.4, -0.2) is 13.6 Å². The third-order valence-corrected chi connectivity index (χ3v) is 3.97. The lowest BCUT2D eigenvalue weighted by Crippen LogP contribution is -2.24. The molecule has 2 rings (SSSR count). The normalized spacial score (nSPS) is 12.2. The molecule has 2 aromatic rings. The zero-order chi connectivity index (χ0) is 15.4. The van der Waals surface area contributed by atoms with E-state index in [0.29, 0.717) is 0 Å². The molecule has 0 bridgehead atoms. The molecule has 0 spiro atoms. The lowest BCUT2D eigenvalue weighted by Gasteiger charge is -2.23. The molecule has 0 aliphatic heterocycles. The van der Waals surface area contributed by atoms with E-state index in [1.54, 1.807) is 0 Å². The van der Waals surface area contributed by atoms with Gasteiger partial charge in [0.05, 0.1) is 0 Å². The molecule has 2 aromatic carbocycles. The van der Waals surface area contributed by atoms with E-state index in [1.807, 2.05) is 0 Å². The van der Waals surface area contributed by atoms with Gasteiger partial charge in [-0.3, -0.25) is 0 Å². The third kappa shape index (κ3) is 4.08. The van der Waals surface area contributed by atoms with Crippen LogP contribution in [0.5, 0.6) is 0 Å². The van der Waals surface area contributed by atoms with Gasteiger partial charge in [-0.25, -0.2) is 0 Å². The van der Waals surface area contributed by atoms with Crippen LogP contribution in [0.4, 0.5) is 5.69 Å². The van der Waals surface area contributed by atoms with Crippen LogP contribution in [0.3, 0.4) is 0 Å². The summed E-state index contributed by atoms with van der Waals surface area (Å²) in [6.07, 6.45) is 0.952. The summed E-state index contributed by atoms with van der Waals surface area (Å²) in [4.78, 5) is 2.29. The Bertz CT molecular complexity index is 584. The van der Waals surface area contributed by atoms with E-state index < -0.39 is 0 Å². The zero-order valence-electron chi connectivity index (χ0n) is 13.6. The van der Waals surface area contributed by atoms with Crippen molar-refractivity contribution in [2.75, 3.05) is 18.5 Å². The summed E-state index contributed by atoms with van der Waals surface area (Å²) in [5, 5.41) is 0. The predicted octanol–water partition coefficient (Wildman–Crippen LogP) is 4.14. The van der Waals surface area contributed by atoms with Gasteiger partial charge in [-0.2, -0.15) is 0 Å². The zero-order valence-corrected chi connectivity index (χ0v) is 13.6. The molecule has 0 fully saturated rings. The van der Waals surface area contributed by atoms with Gasteiger partial charge in [0.25, 0.3) is 0 Å². The highest BCUT2D eigenvalue weighted by molar-refractivity contribution is 5.52. The van der Waals surface area contributed by atoms with Gasteiger partial charge < -0.3 is 10.6 Å². The van der Waals surface area contributed by atoms with Crippen molar-refractivity contribution in [2.24, 2.45) is 5.73 Å². The van der Waals surface area contributed by atoms with Crippen LogP contribution < -0.4 is 10.6 Å². The van der Waals surface area contributed by atoms with E-state index in [0.717, 1.165) is 13.0 Å². The Labute approximate surface area is 128 Å². The molecule has 0 saturated carbocycles. The van der Waals surface area contributed by atoms with Crippen LogP contribution in [0.1, 0.15) is 34.7 Å². The largest absolute Gasteiger partial charge is 0.374 e. The van der Waals surface area contributed by atoms with Gasteiger partial charge in [0.15, 0.2) is 0 Å². The van der Waals surface area contributed by atoms with Crippen molar-refractivity contribution < 1.29 is 0 Å². The number of aryl methyl sites for hydroxylation is 3. The first-order valence-electron chi connectivity index (χ1n) is 7.58. The summed E-state index contributed by atoms with van der Waals surface area (Å²) in [5.41, 5.74) is 12.8. The second kappa shape index (κ2) is 6.77. The van der Waals surface area contributed by atoms with Crippen molar-refractivity contribution in [1.29, 1.82) is 0 Å². The van der Waals surface area contributed by atoms with Crippen LogP contribution >= 0.6 is 0 Å². The highest BCUT2D eigenvalue weighted by Crippen LogP contribution is 2.21. The molecular weight excluding hydrogens is 256 g/mol. The van der Waals surface area contributed by atoms with Crippen LogP contribution in [0, 0.1) is 20.8 Å². The number of nitrogens with two attached hydrogens (primary N) is 1. The summed E-state index contributed by atoms with van der Waals surface area (Å²) >= 11 is 0. The fourth-order valence-electron chi connectivity index (χ4n) is 2.84. The highest BCUT2D eigenvalue weighted by Gasteiger charge is 2.10. The second-order valence-electron chi connectivity index (χ2n) is 6.02. The fraction of sp³-hybridized carbons (Fsp3) is 0.368. The first kappa shape index (κ1) is 15.6. The molecule has 2 heteroatoms. The van der Waals surface area contributed by atoms with Gasteiger partial charge >= 0.3 is 0 Å². The molecular formula is C19H26N2. The number of benzene rings is 2. The standard InChI is InChI=1S/C19H26N2/c1-14-11-15(2)13-17(12-14)18(20)9-10-21(4)19-8-6-5-7-16(19)3/h5-8,11-13,18H,9-10,20H2,1-4H3. The van der Waals surface area contributed by atoms with Crippen molar-refractivity contribution in [3.05, 3.63) is 64.7 Å². The molecule has 0 aliphatic rings. The number of nitrogens with zero attached hydrogens (tertiary/aromatic N) is 1. The molecule has 0 radical (unpaired) electrons. The predicted molar refractivity (Wildman–Crippen MR) is 91.9 cm³/mol. The van der Waals surface area contributed by atoms with Crippen molar-refractivity contribution >= 4 is 5.69 Å². The van der Waals surface area contributed by atoms with Crippen molar-refractivity contribution in [1.82, 2.24) is 0 Å². The van der Waals surface area contributed by atoms with E-state index in [-0.39, 0.29) is 6.04 Å². The van der Waals surface area contributed by atoms with Gasteiger partial charge in [-0.1, -0.05) is 47.5 Å². The minimum Gasteiger partial charge on any atom is -0.374 e. The first-order chi connectivity index (χ1) is 9.97. The van der Waals surface area contributed by atoms with E-state index in [9.17, 15) is 0 Å². The number of hydrogen-bond donors (Lipinski definition) is 1. The summed E-state index contributed by atoms with van der Waals surface area (Å²) in [6, 6.07) is 15.2. The second-order valence-corrected chi connectivity index (χ2v) is 6.02. The number of hydrogen-bond acceptors (Lipinski definition) is 2. The summed E-state index contributed by atoms with van der Waals surface area (Å²) in [5.74, 6) is 0. The van der Waals surface area contributed by atoms with Crippen LogP contribution in [-0.2, 0) is 0 Å². The summed E-state index contributed by atoms with van der Waals surface area (Å²) < 4.78 is 0. The Morgan fingerprint density at radius 2 is 1.62 bits per heavy atom. The Balaban J connectivity index is 2.00. The van der Waals surface area contributed by atoms with Crippen LogP contribution in [0.15, 0.2) is 42.5 Å². The SMILES string of the molecule is Cc1cc(C)cc(C(N)CCN(C)c2ccccc2C)c1. The maximum absolute atomic E-state index is 6.37. The molecule has 21 heavy (non-hydrogen) atoms. The maximum Gasteiger partial charge on any atom is 0.0393 e. The van der Waals surface area contributed by atoms with Gasteiger partial charge in [-0.15, -0.1) is 0 Å². The molecule has 2 nitrogen and oxygen atoms in total. The van der Waals surface area contributed by atoms with E-state index in [2.05, 4.69) is 75.2 Å². The van der Waals surface area contributed by atoms with E-state index in [4.69, 9.17) is 5.73 Å². The molecule has 112 valence electrons. The first-order valence-corrected chi connectivity index (χ1v) is 7.58. The average molecular weight is 282 g/mol. The van der Waals surface area contributed by atoms with Gasteiger partial charge in [0, 0.05) is 25.3 Å². The van der Waals surface area contributed by atoms with E-state index in [1.165, 1.54) is 27.9 Å². The van der Waals surface area contributed by atoms with Crippen molar-refractivity contribution in [3.63, 3.8) is 0 Å². The Kier molecular flexibility index (Phi) is 5.03. The molecule has 0 aromatic heterocycles. The lowest BCUT2D eigenvalue weighted by molar-refractivity contribution is 0.644. The third-order valence-electron chi connectivity index (χ3n) is 3.97. The van der Waals surface area contributed by atoms with Crippen LogP contribution in [0.2, 0.25) is 0 Å². The van der Waals surface area contributed by atoms with E-state index >= 15 is 0 Å². The average Bonchev–Trinajstić information content (AvgIpc) is 2.43. The van der Waals surface area contributed by atoms with Crippen molar-refractivity contribution in [2.45, 2.75) is 33.2 Å². The van der Waals surface area contributed by atoms with Crippen molar-refractivity contribution in [3.8, 4) is 0 Å². The topological polar surface area (TPSA) is 29.3 Å². The molecule has 0 saturated heterocycles. The fourth-order valence-corrected chi connectivity index (χ4v) is 2.84. The number of rotatable bonds is 5. The molecule has 0 aliphatic carbocycles.